The molecular weight excluding hydrogens is 326 g/mol. The molecule has 3 nitrogen and oxygen atoms in total. The van der Waals surface area contributed by atoms with Crippen LogP contribution in [0.15, 0.2) is 18.2 Å². The van der Waals surface area contributed by atoms with E-state index in [-0.39, 0.29) is 23.3 Å². The molecule has 1 N–H and O–H groups in total. The predicted octanol–water partition coefficient (Wildman–Crippen LogP) is 3.51. The van der Waals surface area contributed by atoms with E-state index in [1.807, 2.05) is 4.90 Å². The van der Waals surface area contributed by atoms with Gasteiger partial charge in [0.2, 0.25) is 0 Å². The van der Waals surface area contributed by atoms with Crippen LogP contribution in [0.4, 0.5) is 4.39 Å². The van der Waals surface area contributed by atoms with E-state index >= 15 is 0 Å². The molecule has 0 unspecified atom stereocenters. The Kier molecular flexibility index (Phi) is 6.07. The Morgan fingerprint density at radius 2 is 1.95 bits per heavy atom. The Morgan fingerprint density at radius 3 is 2.55 bits per heavy atom. The van der Waals surface area contributed by atoms with Crippen LogP contribution >= 0.6 is 24.0 Å². The number of nitrogens with zero attached hydrogens (tertiary/aromatic N) is 1. The number of rotatable bonds is 4. The van der Waals surface area contributed by atoms with Crippen LogP contribution in [0.3, 0.4) is 0 Å². The fourth-order valence-corrected chi connectivity index (χ4v) is 3.02. The van der Waals surface area contributed by atoms with E-state index < -0.39 is 5.82 Å². The van der Waals surface area contributed by atoms with E-state index in [0.29, 0.717) is 11.6 Å². The minimum absolute atomic E-state index is 0. The Morgan fingerprint density at radius 1 is 1.27 bits per heavy atom. The molecule has 0 radical (unpaired) electrons. The second-order valence-corrected chi connectivity index (χ2v) is 6.45. The second kappa shape index (κ2) is 7.62. The standard InChI is InChI=1S/C16H20ClFN2O.ClH/c17-15-9-12(18)3-4-14(15)16(21)20-7-5-13(6-8-20)19-10-11-1-2-11;/h3-4,9,11,13,19H,1-2,5-8,10H2;1H. The molecule has 1 saturated carbocycles. The van der Waals surface area contributed by atoms with E-state index in [1.54, 1.807) is 0 Å². The number of carbonyl (C=O) groups is 1. The van der Waals surface area contributed by atoms with Gasteiger partial charge in [-0.2, -0.15) is 0 Å². The average molecular weight is 347 g/mol. The van der Waals surface area contributed by atoms with E-state index in [9.17, 15) is 9.18 Å². The molecule has 22 heavy (non-hydrogen) atoms. The molecule has 3 rings (SSSR count). The van der Waals surface area contributed by atoms with Gasteiger partial charge in [-0.3, -0.25) is 4.79 Å². The molecule has 6 heteroatoms. The van der Waals surface area contributed by atoms with Crippen molar-refractivity contribution in [3.63, 3.8) is 0 Å². The number of amides is 1. The van der Waals surface area contributed by atoms with Crippen molar-refractivity contribution >= 4 is 29.9 Å². The van der Waals surface area contributed by atoms with Crippen molar-refractivity contribution in [1.29, 1.82) is 0 Å². The molecule has 1 amide bonds. The van der Waals surface area contributed by atoms with E-state index in [0.717, 1.165) is 38.4 Å². The van der Waals surface area contributed by atoms with Crippen LogP contribution < -0.4 is 5.32 Å². The molecule has 1 aromatic rings. The first kappa shape index (κ1) is 17.5. The van der Waals surface area contributed by atoms with Gasteiger partial charge in [-0.1, -0.05) is 11.6 Å². The van der Waals surface area contributed by atoms with Gasteiger partial charge >= 0.3 is 0 Å². The van der Waals surface area contributed by atoms with Gasteiger partial charge in [0, 0.05) is 19.1 Å². The number of hydrogen-bond donors (Lipinski definition) is 1. The third kappa shape index (κ3) is 4.34. The van der Waals surface area contributed by atoms with Crippen molar-refractivity contribution in [2.45, 2.75) is 31.7 Å². The van der Waals surface area contributed by atoms with Gasteiger partial charge < -0.3 is 10.2 Å². The van der Waals surface area contributed by atoms with Crippen LogP contribution in [0, 0.1) is 11.7 Å². The zero-order valence-corrected chi connectivity index (χ0v) is 13.9. The summed E-state index contributed by atoms with van der Waals surface area (Å²) in [6.45, 7) is 2.58. The summed E-state index contributed by atoms with van der Waals surface area (Å²) in [5.41, 5.74) is 0.391. The van der Waals surface area contributed by atoms with Gasteiger partial charge in [-0.25, -0.2) is 4.39 Å². The highest BCUT2D eigenvalue weighted by atomic mass is 35.5. The Hall–Kier alpha value is -0.840. The molecule has 1 heterocycles. The third-order valence-corrected chi connectivity index (χ3v) is 4.65. The highest BCUT2D eigenvalue weighted by Gasteiger charge is 2.27. The molecule has 1 aromatic carbocycles. The first-order valence-corrected chi connectivity index (χ1v) is 7.99. The molecule has 1 aliphatic heterocycles. The van der Waals surface area contributed by atoms with Crippen LogP contribution in [0.1, 0.15) is 36.0 Å². The normalized spacial score (nSPS) is 18.9. The Bertz CT molecular complexity index is 529. The highest BCUT2D eigenvalue weighted by molar-refractivity contribution is 6.33. The van der Waals surface area contributed by atoms with Crippen LogP contribution in [0.25, 0.3) is 0 Å². The molecule has 0 bridgehead atoms. The lowest BCUT2D eigenvalue weighted by Gasteiger charge is -2.32. The van der Waals surface area contributed by atoms with Crippen molar-refractivity contribution in [2.75, 3.05) is 19.6 Å². The van der Waals surface area contributed by atoms with E-state index in [4.69, 9.17) is 11.6 Å². The van der Waals surface area contributed by atoms with Gasteiger partial charge in [0.15, 0.2) is 0 Å². The largest absolute Gasteiger partial charge is 0.338 e. The van der Waals surface area contributed by atoms with Crippen LogP contribution in [-0.2, 0) is 0 Å². The fraction of sp³-hybridized carbons (Fsp3) is 0.562. The SMILES string of the molecule is Cl.O=C(c1ccc(F)cc1Cl)N1CCC(NCC2CC2)CC1. The van der Waals surface area contributed by atoms with Crippen molar-refractivity contribution in [3.05, 3.63) is 34.6 Å². The van der Waals surface area contributed by atoms with E-state index in [2.05, 4.69) is 5.32 Å². The molecule has 1 aliphatic carbocycles. The van der Waals surface area contributed by atoms with Crippen molar-refractivity contribution in [1.82, 2.24) is 10.2 Å². The monoisotopic (exact) mass is 346 g/mol. The first-order chi connectivity index (χ1) is 10.1. The first-order valence-electron chi connectivity index (χ1n) is 7.61. The topological polar surface area (TPSA) is 32.3 Å². The minimum atomic E-state index is -0.417. The van der Waals surface area contributed by atoms with Gasteiger partial charge in [0.05, 0.1) is 10.6 Å². The number of carbonyl (C=O) groups excluding carboxylic acids is 1. The highest BCUT2D eigenvalue weighted by Crippen LogP contribution is 2.28. The molecule has 2 fully saturated rings. The number of benzene rings is 1. The maximum atomic E-state index is 13.0. The van der Waals surface area contributed by atoms with Gasteiger partial charge in [-0.15, -0.1) is 12.4 Å². The quantitative estimate of drug-likeness (QED) is 0.904. The molecular formula is C16H21Cl2FN2O. The minimum Gasteiger partial charge on any atom is -0.338 e. The van der Waals surface area contributed by atoms with E-state index in [1.165, 1.54) is 31.0 Å². The van der Waals surface area contributed by atoms with Crippen molar-refractivity contribution in [2.24, 2.45) is 5.92 Å². The van der Waals surface area contributed by atoms with Crippen molar-refractivity contribution < 1.29 is 9.18 Å². The predicted molar refractivity (Wildman–Crippen MR) is 88.3 cm³/mol. The molecule has 0 atom stereocenters. The summed E-state index contributed by atoms with van der Waals surface area (Å²) in [6, 6.07) is 4.46. The number of likely N-dealkylation sites (tertiary alicyclic amines) is 1. The zero-order chi connectivity index (χ0) is 14.8. The van der Waals surface area contributed by atoms with Crippen LogP contribution in [-0.4, -0.2) is 36.5 Å². The number of halogens is 3. The lowest BCUT2D eigenvalue weighted by Crippen LogP contribution is -2.45. The summed E-state index contributed by atoms with van der Waals surface area (Å²) >= 11 is 5.96. The Balaban J connectivity index is 0.00000176. The third-order valence-electron chi connectivity index (χ3n) is 4.34. The summed E-state index contributed by atoms with van der Waals surface area (Å²) < 4.78 is 13.0. The number of nitrogens with one attached hydrogen (secondary N) is 1. The van der Waals surface area contributed by atoms with Crippen LogP contribution in [0.2, 0.25) is 5.02 Å². The fourth-order valence-electron chi connectivity index (χ4n) is 2.78. The summed E-state index contributed by atoms with van der Waals surface area (Å²) in [6.07, 6.45) is 4.65. The molecule has 1 saturated heterocycles. The summed E-state index contributed by atoms with van der Waals surface area (Å²) in [5, 5.41) is 3.78. The second-order valence-electron chi connectivity index (χ2n) is 6.04. The molecule has 0 spiro atoms. The average Bonchev–Trinajstić information content (AvgIpc) is 3.29. The summed E-state index contributed by atoms with van der Waals surface area (Å²) in [5.74, 6) is 0.364. The molecule has 2 aliphatic rings. The molecule has 122 valence electrons. The maximum absolute atomic E-state index is 13.0. The van der Waals surface area contributed by atoms with Gasteiger partial charge in [-0.05, 0) is 56.3 Å². The van der Waals surface area contributed by atoms with Crippen molar-refractivity contribution in [3.8, 4) is 0 Å². The maximum Gasteiger partial charge on any atom is 0.255 e. The van der Waals surface area contributed by atoms with Gasteiger partial charge in [0.1, 0.15) is 5.82 Å². The smallest absolute Gasteiger partial charge is 0.255 e. The Labute approximate surface area is 141 Å². The van der Waals surface area contributed by atoms with Crippen LogP contribution in [0.5, 0.6) is 0 Å². The number of piperidine rings is 1. The van der Waals surface area contributed by atoms with Gasteiger partial charge in [0.25, 0.3) is 5.91 Å². The lowest BCUT2D eigenvalue weighted by atomic mass is 10.0. The summed E-state index contributed by atoms with van der Waals surface area (Å²) in [4.78, 5) is 14.2. The zero-order valence-electron chi connectivity index (χ0n) is 12.4. The lowest BCUT2D eigenvalue weighted by molar-refractivity contribution is 0.0705. The molecule has 0 aromatic heterocycles. The number of hydrogen-bond acceptors (Lipinski definition) is 2. The summed E-state index contributed by atoms with van der Waals surface area (Å²) in [7, 11) is 0.